The lowest BCUT2D eigenvalue weighted by Crippen LogP contribution is -2.43. The Morgan fingerprint density at radius 2 is 2.19 bits per heavy atom. The summed E-state index contributed by atoms with van der Waals surface area (Å²) in [5, 5.41) is 2.80. The van der Waals surface area contributed by atoms with Crippen molar-refractivity contribution >= 4 is 11.8 Å². The molecule has 114 valence electrons. The van der Waals surface area contributed by atoms with Crippen LogP contribution in [-0.2, 0) is 11.8 Å². The van der Waals surface area contributed by atoms with Gasteiger partial charge in [-0.3, -0.25) is 14.4 Å². The Morgan fingerprint density at radius 3 is 2.86 bits per heavy atom. The monoisotopic (exact) mass is 291 g/mol. The van der Waals surface area contributed by atoms with Crippen LogP contribution in [0.1, 0.15) is 30.1 Å². The Kier molecular flexibility index (Phi) is 4.77. The number of aryl methyl sites for hydroxylation is 1. The van der Waals surface area contributed by atoms with E-state index in [-0.39, 0.29) is 23.3 Å². The highest BCUT2D eigenvalue weighted by Crippen LogP contribution is 2.17. The molecule has 0 radical (unpaired) electrons. The quantitative estimate of drug-likeness (QED) is 0.875. The van der Waals surface area contributed by atoms with Crippen LogP contribution in [0.3, 0.4) is 0 Å². The van der Waals surface area contributed by atoms with Gasteiger partial charge in [0.15, 0.2) is 0 Å². The second-order valence-corrected chi connectivity index (χ2v) is 5.56. The average molecular weight is 291 g/mol. The minimum Gasteiger partial charge on any atom is -0.356 e. The molecule has 1 saturated heterocycles. The number of nitrogens with zero attached hydrogens (tertiary/aromatic N) is 2. The van der Waals surface area contributed by atoms with Crippen molar-refractivity contribution in [1.29, 1.82) is 0 Å². The van der Waals surface area contributed by atoms with Crippen molar-refractivity contribution in [2.75, 3.05) is 19.6 Å². The molecule has 1 aliphatic heterocycles. The van der Waals surface area contributed by atoms with E-state index in [2.05, 4.69) is 5.32 Å². The molecule has 0 bridgehead atoms. The smallest absolute Gasteiger partial charge is 0.254 e. The summed E-state index contributed by atoms with van der Waals surface area (Å²) in [4.78, 5) is 36.8. The Labute approximate surface area is 123 Å². The third kappa shape index (κ3) is 3.93. The van der Waals surface area contributed by atoms with Gasteiger partial charge in [-0.2, -0.15) is 0 Å². The number of nitrogens with one attached hydrogen (secondary N) is 1. The number of carbonyl (C=O) groups is 2. The minimum absolute atomic E-state index is 0.0509. The summed E-state index contributed by atoms with van der Waals surface area (Å²) < 4.78 is 1.44. The normalized spacial score (nSPS) is 18.4. The van der Waals surface area contributed by atoms with E-state index >= 15 is 0 Å². The van der Waals surface area contributed by atoms with Crippen LogP contribution >= 0.6 is 0 Å². The van der Waals surface area contributed by atoms with Gasteiger partial charge in [0.25, 0.3) is 11.5 Å². The molecule has 0 saturated carbocycles. The number of hydrogen-bond acceptors (Lipinski definition) is 3. The Hall–Kier alpha value is -2.11. The predicted molar refractivity (Wildman–Crippen MR) is 79.0 cm³/mol. The standard InChI is InChI=1S/C15H21N3O3/c1-11(19)16-9-12-4-3-6-18(10-12)15(21)13-5-7-17(2)14(20)8-13/h5,7-8,12H,3-4,6,9-10H2,1-2H3,(H,16,19)/t12-/m1/s1. The van der Waals surface area contributed by atoms with Gasteiger partial charge in [0.1, 0.15) is 0 Å². The molecule has 1 N–H and O–H groups in total. The van der Waals surface area contributed by atoms with Crippen molar-refractivity contribution in [1.82, 2.24) is 14.8 Å². The molecule has 6 heteroatoms. The molecule has 0 spiro atoms. The molecule has 21 heavy (non-hydrogen) atoms. The third-order valence-electron chi connectivity index (χ3n) is 3.80. The number of hydrogen-bond donors (Lipinski definition) is 1. The van der Waals surface area contributed by atoms with Crippen molar-refractivity contribution in [3.63, 3.8) is 0 Å². The van der Waals surface area contributed by atoms with Gasteiger partial charge >= 0.3 is 0 Å². The molecule has 2 rings (SSSR count). The average Bonchev–Trinajstić information content (AvgIpc) is 2.47. The van der Waals surface area contributed by atoms with E-state index in [1.165, 1.54) is 17.6 Å². The van der Waals surface area contributed by atoms with E-state index in [1.54, 1.807) is 24.2 Å². The van der Waals surface area contributed by atoms with Gasteiger partial charge in [0.2, 0.25) is 5.91 Å². The number of likely N-dealkylation sites (tertiary alicyclic amines) is 1. The first-order valence-electron chi connectivity index (χ1n) is 7.18. The summed E-state index contributed by atoms with van der Waals surface area (Å²) in [6, 6.07) is 3.04. The number of amides is 2. The van der Waals surface area contributed by atoms with Crippen molar-refractivity contribution in [2.24, 2.45) is 13.0 Å². The van der Waals surface area contributed by atoms with Gasteiger partial charge in [-0.1, -0.05) is 0 Å². The molecule has 0 aliphatic carbocycles. The van der Waals surface area contributed by atoms with E-state index in [0.29, 0.717) is 25.2 Å². The summed E-state index contributed by atoms with van der Waals surface area (Å²) >= 11 is 0. The van der Waals surface area contributed by atoms with Crippen LogP contribution in [0.5, 0.6) is 0 Å². The fraction of sp³-hybridized carbons (Fsp3) is 0.533. The first-order chi connectivity index (χ1) is 9.97. The van der Waals surface area contributed by atoms with Crippen molar-refractivity contribution in [2.45, 2.75) is 19.8 Å². The summed E-state index contributed by atoms with van der Waals surface area (Å²) in [5.41, 5.74) is 0.242. The van der Waals surface area contributed by atoms with E-state index in [1.807, 2.05) is 0 Å². The molecular formula is C15H21N3O3. The first kappa shape index (κ1) is 15.3. The van der Waals surface area contributed by atoms with Crippen LogP contribution < -0.4 is 10.9 Å². The van der Waals surface area contributed by atoms with Crippen LogP contribution in [-0.4, -0.2) is 40.9 Å². The largest absolute Gasteiger partial charge is 0.356 e. The SMILES string of the molecule is CC(=O)NC[C@H]1CCCN(C(=O)c2ccn(C)c(=O)c2)C1. The molecule has 1 atom stereocenters. The molecule has 1 fully saturated rings. The van der Waals surface area contributed by atoms with Crippen LogP contribution in [0, 0.1) is 5.92 Å². The van der Waals surface area contributed by atoms with Gasteiger partial charge in [0, 0.05) is 51.4 Å². The molecule has 2 heterocycles. The number of aromatic nitrogens is 1. The van der Waals surface area contributed by atoms with E-state index in [9.17, 15) is 14.4 Å². The number of piperidine rings is 1. The fourth-order valence-electron chi connectivity index (χ4n) is 2.57. The predicted octanol–water partition coefficient (Wildman–Crippen LogP) is 0.374. The Bertz CT molecular complexity index is 594. The van der Waals surface area contributed by atoms with E-state index in [4.69, 9.17) is 0 Å². The highest BCUT2D eigenvalue weighted by molar-refractivity contribution is 5.94. The summed E-state index contributed by atoms with van der Waals surface area (Å²) in [6.07, 6.45) is 3.52. The van der Waals surface area contributed by atoms with Gasteiger partial charge in [0.05, 0.1) is 0 Å². The lowest BCUT2D eigenvalue weighted by Gasteiger charge is -2.32. The molecule has 1 aromatic rings. The molecule has 0 aromatic carbocycles. The maximum Gasteiger partial charge on any atom is 0.254 e. The summed E-state index contributed by atoms with van der Waals surface area (Å²) in [6.45, 7) is 3.40. The van der Waals surface area contributed by atoms with Crippen molar-refractivity contribution in [3.8, 4) is 0 Å². The lowest BCUT2D eigenvalue weighted by atomic mass is 9.97. The second kappa shape index (κ2) is 6.56. The lowest BCUT2D eigenvalue weighted by molar-refractivity contribution is -0.119. The molecular weight excluding hydrogens is 270 g/mol. The third-order valence-corrected chi connectivity index (χ3v) is 3.80. The second-order valence-electron chi connectivity index (χ2n) is 5.56. The van der Waals surface area contributed by atoms with E-state index in [0.717, 1.165) is 12.8 Å². The van der Waals surface area contributed by atoms with Crippen LogP contribution in [0.2, 0.25) is 0 Å². The molecule has 1 aliphatic rings. The Balaban J connectivity index is 2.03. The zero-order valence-electron chi connectivity index (χ0n) is 12.5. The molecule has 1 aromatic heterocycles. The molecule has 6 nitrogen and oxygen atoms in total. The Morgan fingerprint density at radius 1 is 1.43 bits per heavy atom. The number of pyridine rings is 1. The van der Waals surface area contributed by atoms with Gasteiger partial charge in [-0.25, -0.2) is 0 Å². The van der Waals surface area contributed by atoms with Crippen molar-refractivity contribution < 1.29 is 9.59 Å². The maximum atomic E-state index is 12.4. The van der Waals surface area contributed by atoms with Gasteiger partial charge < -0.3 is 14.8 Å². The minimum atomic E-state index is -0.187. The molecule has 2 amide bonds. The highest BCUT2D eigenvalue weighted by Gasteiger charge is 2.24. The topological polar surface area (TPSA) is 71.4 Å². The number of rotatable bonds is 3. The van der Waals surface area contributed by atoms with Crippen LogP contribution in [0.4, 0.5) is 0 Å². The highest BCUT2D eigenvalue weighted by atomic mass is 16.2. The number of carbonyl (C=O) groups excluding carboxylic acids is 2. The summed E-state index contributed by atoms with van der Waals surface area (Å²) in [7, 11) is 1.65. The van der Waals surface area contributed by atoms with Crippen LogP contribution in [0.15, 0.2) is 23.1 Å². The van der Waals surface area contributed by atoms with Gasteiger partial charge in [-0.15, -0.1) is 0 Å². The van der Waals surface area contributed by atoms with E-state index < -0.39 is 0 Å². The zero-order chi connectivity index (χ0) is 15.4. The van der Waals surface area contributed by atoms with Crippen LogP contribution in [0.25, 0.3) is 0 Å². The zero-order valence-corrected chi connectivity index (χ0v) is 12.5. The van der Waals surface area contributed by atoms with Crippen molar-refractivity contribution in [3.05, 3.63) is 34.2 Å². The van der Waals surface area contributed by atoms with Gasteiger partial charge in [-0.05, 0) is 24.8 Å². The summed E-state index contributed by atoms with van der Waals surface area (Å²) in [5.74, 6) is 0.114. The molecule has 0 unspecified atom stereocenters. The fourth-order valence-corrected chi connectivity index (χ4v) is 2.57. The maximum absolute atomic E-state index is 12.4. The first-order valence-corrected chi connectivity index (χ1v) is 7.18.